The number of hydrogen-bond acceptors (Lipinski definition) is 4. The van der Waals surface area contributed by atoms with E-state index in [2.05, 4.69) is 24.8 Å². The molecule has 1 aliphatic carbocycles. The fraction of sp³-hybridized carbons (Fsp3) is 0.421. The highest BCUT2D eigenvalue weighted by molar-refractivity contribution is 6.31. The third-order valence-corrected chi connectivity index (χ3v) is 5.65. The van der Waals surface area contributed by atoms with E-state index in [1.165, 1.54) is 12.1 Å². The average molecular weight is 389 g/mol. The standard InChI is InChI=1S/C19H22ClFN6/c20-16-12-14(21)2-3-15(16)19(4-5-19)13-25-17(22)26-8-10-27(11-9-26)18-23-6-1-7-24-18/h1-3,6-7,12H,4-5,8-11,13H2,(H2,22,25). The van der Waals surface area contributed by atoms with Crippen LogP contribution in [-0.4, -0.2) is 53.6 Å². The Labute approximate surface area is 162 Å². The molecule has 0 radical (unpaired) electrons. The van der Waals surface area contributed by atoms with E-state index in [-0.39, 0.29) is 11.2 Å². The molecule has 4 rings (SSSR count). The van der Waals surface area contributed by atoms with Crippen LogP contribution in [0.3, 0.4) is 0 Å². The molecule has 0 unspecified atom stereocenters. The predicted octanol–water partition coefficient (Wildman–Crippen LogP) is 2.44. The Balaban J connectivity index is 1.38. The molecule has 1 aliphatic heterocycles. The summed E-state index contributed by atoms with van der Waals surface area (Å²) in [5.41, 5.74) is 7.10. The lowest BCUT2D eigenvalue weighted by Crippen LogP contribution is -2.51. The number of halogens is 2. The van der Waals surface area contributed by atoms with Crippen molar-refractivity contribution < 1.29 is 4.39 Å². The monoisotopic (exact) mass is 388 g/mol. The second-order valence-corrected chi connectivity index (χ2v) is 7.51. The fourth-order valence-electron chi connectivity index (χ4n) is 3.51. The van der Waals surface area contributed by atoms with E-state index < -0.39 is 0 Å². The summed E-state index contributed by atoms with van der Waals surface area (Å²) >= 11 is 6.24. The lowest BCUT2D eigenvalue weighted by Gasteiger charge is -2.35. The lowest BCUT2D eigenvalue weighted by molar-refractivity contribution is 0.377. The van der Waals surface area contributed by atoms with Gasteiger partial charge in [-0.1, -0.05) is 17.7 Å². The van der Waals surface area contributed by atoms with Gasteiger partial charge in [-0.05, 0) is 36.6 Å². The van der Waals surface area contributed by atoms with Gasteiger partial charge in [0.05, 0.1) is 6.54 Å². The normalized spacial score (nSPS) is 19.3. The number of aromatic nitrogens is 2. The Morgan fingerprint density at radius 3 is 2.52 bits per heavy atom. The number of guanidine groups is 1. The molecule has 8 heteroatoms. The average Bonchev–Trinajstić information content (AvgIpc) is 3.48. The molecular formula is C19H22ClFN6. The van der Waals surface area contributed by atoms with Crippen molar-refractivity contribution in [3.05, 3.63) is 53.1 Å². The van der Waals surface area contributed by atoms with Crippen molar-refractivity contribution >= 4 is 23.5 Å². The van der Waals surface area contributed by atoms with Crippen LogP contribution in [0.4, 0.5) is 10.3 Å². The smallest absolute Gasteiger partial charge is 0.225 e. The Morgan fingerprint density at radius 1 is 1.19 bits per heavy atom. The van der Waals surface area contributed by atoms with Crippen LogP contribution in [0, 0.1) is 5.82 Å². The number of piperazine rings is 1. The summed E-state index contributed by atoms with van der Waals surface area (Å²) in [5, 5.41) is 0.470. The molecule has 27 heavy (non-hydrogen) atoms. The minimum absolute atomic E-state index is 0.102. The van der Waals surface area contributed by atoms with Gasteiger partial charge in [0, 0.05) is 49.0 Å². The summed E-state index contributed by atoms with van der Waals surface area (Å²) in [6.07, 6.45) is 5.49. The van der Waals surface area contributed by atoms with Gasteiger partial charge in [0.25, 0.3) is 0 Å². The number of nitrogens with zero attached hydrogens (tertiary/aromatic N) is 5. The van der Waals surface area contributed by atoms with Gasteiger partial charge >= 0.3 is 0 Å². The summed E-state index contributed by atoms with van der Waals surface area (Å²) in [6, 6.07) is 6.41. The van der Waals surface area contributed by atoms with Gasteiger partial charge < -0.3 is 15.5 Å². The van der Waals surface area contributed by atoms with Crippen molar-refractivity contribution in [1.82, 2.24) is 14.9 Å². The molecule has 2 N–H and O–H groups in total. The van der Waals surface area contributed by atoms with Gasteiger partial charge in [-0.25, -0.2) is 14.4 Å². The second kappa shape index (κ2) is 7.31. The minimum Gasteiger partial charge on any atom is -0.370 e. The van der Waals surface area contributed by atoms with Crippen molar-refractivity contribution in [3.8, 4) is 0 Å². The molecule has 1 saturated carbocycles. The second-order valence-electron chi connectivity index (χ2n) is 7.10. The highest BCUT2D eigenvalue weighted by Gasteiger charge is 2.45. The summed E-state index contributed by atoms with van der Waals surface area (Å²) in [6.45, 7) is 3.73. The summed E-state index contributed by atoms with van der Waals surface area (Å²) in [4.78, 5) is 17.5. The molecule has 1 aromatic heterocycles. The zero-order valence-electron chi connectivity index (χ0n) is 15.0. The first-order valence-electron chi connectivity index (χ1n) is 9.10. The van der Waals surface area contributed by atoms with Crippen molar-refractivity contribution in [2.45, 2.75) is 18.3 Å². The molecule has 6 nitrogen and oxygen atoms in total. The largest absolute Gasteiger partial charge is 0.370 e. The maximum atomic E-state index is 13.3. The van der Waals surface area contributed by atoms with Crippen LogP contribution in [0.25, 0.3) is 0 Å². The Bertz CT molecular complexity index is 831. The number of nitrogens with two attached hydrogens (primary N) is 1. The van der Waals surface area contributed by atoms with Gasteiger partial charge in [0.1, 0.15) is 5.82 Å². The molecule has 2 fully saturated rings. The number of aliphatic imine (C=N–C) groups is 1. The zero-order valence-corrected chi connectivity index (χ0v) is 15.7. The van der Waals surface area contributed by atoms with E-state index in [9.17, 15) is 4.39 Å². The van der Waals surface area contributed by atoms with Crippen molar-refractivity contribution in [2.24, 2.45) is 10.7 Å². The predicted molar refractivity (Wildman–Crippen MR) is 105 cm³/mol. The number of rotatable bonds is 4. The first-order valence-corrected chi connectivity index (χ1v) is 9.48. The molecule has 0 atom stereocenters. The van der Waals surface area contributed by atoms with E-state index in [4.69, 9.17) is 17.3 Å². The first kappa shape index (κ1) is 18.0. The summed E-state index contributed by atoms with van der Waals surface area (Å²) < 4.78 is 13.3. The Morgan fingerprint density at radius 2 is 1.89 bits per heavy atom. The molecule has 0 bridgehead atoms. The molecule has 0 spiro atoms. The van der Waals surface area contributed by atoms with Crippen molar-refractivity contribution in [2.75, 3.05) is 37.6 Å². The van der Waals surface area contributed by atoms with Crippen LogP contribution >= 0.6 is 11.6 Å². The fourth-order valence-corrected chi connectivity index (χ4v) is 3.87. The number of benzene rings is 1. The Hall–Kier alpha value is -2.41. The van der Waals surface area contributed by atoms with E-state index in [0.29, 0.717) is 17.5 Å². The van der Waals surface area contributed by atoms with Gasteiger partial charge in [-0.3, -0.25) is 4.99 Å². The number of hydrogen-bond donors (Lipinski definition) is 1. The van der Waals surface area contributed by atoms with Crippen LogP contribution < -0.4 is 10.6 Å². The van der Waals surface area contributed by atoms with Crippen LogP contribution in [0.2, 0.25) is 5.02 Å². The van der Waals surface area contributed by atoms with Gasteiger partial charge in [-0.15, -0.1) is 0 Å². The highest BCUT2D eigenvalue weighted by atomic mass is 35.5. The molecule has 2 aliphatic rings. The van der Waals surface area contributed by atoms with Crippen LogP contribution in [-0.2, 0) is 5.41 Å². The third kappa shape index (κ3) is 3.83. The van der Waals surface area contributed by atoms with Crippen LogP contribution in [0.15, 0.2) is 41.7 Å². The summed E-state index contributed by atoms with van der Waals surface area (Å²) in [5.74, 6) is 0.978. The van der Waals surface area contributed by atoms with Gasteiger partial charge in [0.15, 0.2) is 5.96 Å². The summed E-state index contributed by atoms with van der Waals surface area (Å²) in [7, 11) is 0. The zero-order chi connectivity index (χ0) is 18.9. The SMILES string of the molecule is NC(=NCC1(c2ccc(F)cc2Cl)CC1)N1CCN(c2ncccn2)CC1. The van der Waals surface area contributed by atoms with E-state index >= 15 is 0 Å². The van der Waals surface area contributed by atoms with E-state index in [1.807, 2.05) is 6.07 Å². The highest BCUT2D eigenvalue weighted by Crippen LogP contribution is 2.50. The molecule has 2 heterocycles. The van der Waals surface area contributed by atoms with Crippen LogP contribution in [0.1, 0.15) is 18.4 Å². The van der Waals surface area contributed by atoms with Crippen molar-refractivity contribution in [3.63, 3.8) is 0 Å². The lowest BCUT2D eigenvalue weighted by atomic mass is 9.96. The van der Waals surface area contributed by atoms with Crippen LogP contribution in [0.5, 0.6) is 0 Å². The molecular weight excluding hydrogens is 367 g/mol. The third-order valence-electron chi connectivity index (χ3n) is 5.34. The maximum Gasteiger partial charge on any atom is 0.225 e. The topological polar surface area (TPSA) is 70.6 Å². The maximum absolute atomic E-state index is 13.3. The quantitative estimate of drug-likeness (QED) is 0.643. The van der Waals surface area contributed by atoms with Gasteiger partial charge in [-0.2, -0.15) is 0 Å². The van der Waals surface area contributed by atoms with Crippen molar-refractivity contribution in [1.29, 1.82) is 0 Å². The van der Waals surface area contributed by atoms with E-state index in [1.54, 1.807) is 18.5 Å². The molecule has 1 aromatic carbocycles. The first-order chi connectivity index (χ1) is 13.1. The number of anilines is 1. The van der Waals surface area contributed by atoms with E-state index in [0.717, 1.165) is 50.5 Å². The molecule has 2 aromatic rings. The molecule has 0 amide bonds. The molecule has 142 valence electrons. The van der Waals surface area contributed by atoms with Gasteiger partial charge in [0.2, 0.25) is 5.95 Å². The minimum atomic E-state index is -0.317. The molecule has 1 saturated heterocycles. The Kier molecular flexibility index (Phi) is 4.86.